The van der Waals surface area contributed by atoms with Crippen LogP contribution in [0, 0.1) is 11.6 Å². The molecule has 0 saturated carbocycles. The zero-order valence-electron chi connectivity index (χ0n) is 11.8. The molecule has 0 atom stereocenters. The predicted octanol–water partition coefficient (Wildman–Crippen LogP) is 4.91. The molecule has 0 spiro atoms. The summed E-state index contributed by atoms with van der Waals surface area (Å²) in [6.45, 7) is 4.79. The third-order valence-corrected chi connectivity index (χ3v) is 3.07. The first-order chi connectivity index (χ1) is 9.94. The maximum absolute atomic E-state index is 13.1. The van der Waals surface area contributed by atoms with Gasteiger partial charge in [-0.1, -0.05) is 31.5 Å². The number of halogens is 3. The van der Waals surface area contributed by atoms with Gasteiger partial charge in [0.2, 0.25) is 0 Å². The van der Waals surface area contributed by atoms with Crippen molar-refractivity contribution in [2.24, 2.45) is 0 Å². The molecule has 0 aliphatic rings. The van der Waals surface area contributed by atoms with Gasteiger partial charge in [0.1, 0.15) is 23.1 Å². The average molecular weight is 312 g/mol. The van der Waals surface area contributed by atoms with Gasteiger partial charge in [-0.3, -0.25) is 0 Å². The molecule has 0 bridgehead atoms. The Labute approximate surface area is 127 Å². The van der Waals surface area contributed by atoms with Gasteiger partial charge in [-0.15, -0.1) is 0 Å². The summed E-state index contributed by atoms with van der Waals surface area (Å²) in [6, 6.07) is 8.67. The van der Waals surface area contributed by atoms with E-state index in [9.17, 15) is 8.78 Å². The highest BCUT2D eigenvalue weighted by molar-refractivity contribution is 6.32. The van der Waals surface area contributed by atoms with Crippen molar-refractivity contribution in [3.05, 3.63) is 58.6 Å². The summed E-state index contributed by atoms with van der Waals surface area (Å²) < 4.78 is 31.6. The summed E-state index contributed by atoms with van der Waals surface area (Å²) in [5.41, 5.74) is 1.01. The highest BCUT2D eigenvalue weighted by atomic mass is 35.5. The average Bonchev–Trinajstić information content (AvgIpc) is 2.38. The van der Waals surface area contributed by atoms with Crippen LogP contribution in [0.5, 0.6) is 11.5 Å². The van der Waals surface area contributed by atoms with E-state index in [2.05, 4.69) is 19.2 Å². The number of ether oxygens (including phenoxy) is 1. The van der Waals surface area contributed by atoms with Crippen molar-refractivity contribution in [3.63, 3.8) is 0 Å². The van der Waals surface area contributed by atoms with E-state index in [-0.39, 0.29) is 5.75 Å². The molecule has 2 rings (SSSR count). The number of rotatable bonds is 5. The Hall–Kier alpha value is -1.65. The van der Waals surface area contributed by atoms with Crippen molar-refractivity contribution in [3.8, 4) is 11.5 Å². The summed E-state index contributed by atoms with van der Waals surface area (Å²) >= 11 is 6.13. The molecule has 2 aromatic carbocycles. The smallest absolute Gasteiger partial charge is 0.146 e. The number of hydrogen-bond donors (Lipinski definition) is 1. The lowest BCUT2D eigenvalue weighted by atomic mass is 10.2. The van der Waals surface area contributed by atoms with E-state index < -0.39 is 11.6 Å². The third kappa shape index (κ3) is 4.69. The maximum Gasteiger partial charge on any atom is 0.146 e. The van der Waals surface area contributed by atoms with E-state index in [1.807, 2.05) is 6.07 Å². The summed E-state index contributed by atoms with van der Waals surface area (Å²) in [6.07, 6.45) is 0. The van der Waals surface area contributed by atoms with E-state index in [0.29, 0.717) is 23.4 Å². The van der Waals surface area contributed by atoms with Gasteiger partial charge < -0.3 is 10.1 Å². The maximum atomic E-state index is 13.1. The molecule has 5 heteroatoms. The minimum absolute atomic E-state index is 0.0717. The molecule has 0 heterocycles. The predicted molar refractivity (Wildman–Crippen MR) is 79.9 cm³/mol. The highest BCUT2D eigenvalue weighted by Gasteiger charge is 2.07. The molecule has 112 valence electrons. The molecule has 2 nitrogen and oxygen atoms in total. The minimum atomic E-state index is -0.695. The van der Waals surface area contributed by atoms with Gasteiger partial charge in [0.05, 0.1) is 5.02 Å². The van der Waals surface area contributed by atoms with Gasteiger partial charge in [0, 0.05) is 30.8 Å². The van der Waals surface area contributed by atoms with Crippen LogP contribution in [0.4, 0.5) is 8.78 Å². The van der Waals surface area contributed by atoms with Gasteiger partial charge in [0.25, 0.3) is 0 Å². The number of hydrogen-bond acceptors (Lipinski definition) is 2. The van der Waals surface area contributed by atoms with Crippen molar-refractivity contribution in [1.82, 2.24) is 5.32 Å². The molecule has 0 radical (unpaired) electrons. The zero-order chi connectivity index (χ0) is 15.4. The van der Waals surface area contributed by atoms with Crippen LogP contribution >= 0.6 is 11.6 Å². The van der Waals surface area contributed by atoms with Crippen molar-refractivity contribution >= 4 is 11.6 Å². The molecule has 0 fully saturated rings. The molecule has 21 heavy (non-hydrogen) atoms. The highest BCUT2D eigenvalue weighted by Crippen LogP contribution is 2.30. The fourth-order valence-electron chi connectivity index (χ4n) is 1.77. The van der Waals surface area contributed by atoms with Crippen molar-refractivity contribution in [2.75, 3.05) is 0 Å². The Morgan fingerprint density at radius 3 is 2.33 bits per heavy atom. The number of nitrogens with one attached hydrogen (secondary N) is 1. The van der Waals surface area contributed by atoms with Crippen LogP contribution in [0.25, 0.3) is 0 Å². The topological polar surface area (TPSA) is 21.3 Å². The van der Waals surface area contributed by atoms with Crippen molar-refractivity contribution < 1.29 is 13.5 Å². The molecule has 0 aromatic heterocycles. The van der Waals surface area contributed by atoms with Gasteiger partial charge in [-0.2, -0.15) is 0 Å². The second kappa shape index (κ2) is 6.87. The van der Waals surface area contributed by atoms with Gasteiger partial charge in [-0.25, -0.2) is 8.78 Å². The van der Waals surface area contributed by atoms with Gasteiger partial charge in [-0.05, 0) is 17.7 Å². The van der Waals surface area contributed by atoms with Gasteiger partial charge in [0.15, 0.2) is 0 Å². The Balaban J connectivity index is 2.13. The summed E-state index contributed by atoms with van der Waals surface area (Å²) in [7, 11) is 0. The minimum Gasteiger partial charge on any atom is -0.456 e. The Kier molecular flexibility index (Phi) is 5.15. The van der Waals surface area contributed by atoms with E-state index >= 15 is 0 Å². The Bertz CT molecular complexity index is 611. The summed E-state index contributed by atoms with van der Waals surface area (Å²) in [5, 5.41) is 3.67. The molecule has 0 saturated heterocycles. The first-order valence-corrected chi connectivity index (χ1v) is 6.97. The second-order valence-corrected chi connectivity index (χ2v) is 5.41. The van der Waals surface area contributed by atoms with E-state index in [4.69, 9.17) is 16.3 Å². The van der Waals surface area contributed by atoms with Crippen LogP contribution in [-0.2, 0) is 6.54 Å². The lowest BCUT2D eigenvalue weighted by Crippen LogP contribution is -2.21. The van der Waals surface area contributed by atoms with E-state index in [1.54, 1.807) is 12.1 Å². The Morgan fingerprint density at radius 1 is 1.10 bits per heavy atom. The standard InChI is InChI=1S/C16H16ClF2NO/c1-10(2)20-9-11-3-4-16(15(17)5-11)21-14-7-12(18)6-13(19)8-14/h3-8,10,20H,9H2,1-2H3. The van der Waals surface area contributed by atoms with Crippen LogP contribution in [0.15, 0.2) is 36.4 Å². The normalized spacial score (nSPS) is 11.0. The monoisotopic (exact) mass is 311 g/mol. The number of benzene rings is 2. The lowest BCUT2D eigenvalue weighted by molar-refractivity contribution is 0.468. The van der Waals surface area contributed by atoms with Crippen LogP contribution in [-0.4, -0.2) is 6.04 Å². The fourth-order valence-corrected chi connectivity index (χ4v) is 2.02. The first-order valence-electron chi connectivity index (χ1n) is 6.60. The molecule has 0 aliphatic heterocycles. The Morgan fingerprint density at radius 2 is 1.76 bits per heavy atom. The molecule has 0 unspecified atom stereocenters. The summed E-state index contributed by atoms with van der Waals surface area (Å²) in [5.74, 6) is -0.963. The fraction of sp³-hybridized carbons (Fsp3) is 0.250. The van der Waals surface area contributed by atoms with Crippen molar-refractivity contribution in [1.29, 1.82) is 0 Å². The largest absolute Gasteiger partial charge is 0.456 e. The van der Waals surface area contributed by atoms with E-state index in [0.717, 1.165) is 23.8 Å². The molecule has 1 N–H and O–H groups in total. The first kappa shape index (κ1) is 15.7. The lowest BCUT2D eigenvalue weighted by Gasteiger charge is -2.11. The SMILES string of the molecule is CC(C)NCc1ccc(Oc2cc(F)cc(F)c2)c(Cl)c1. The second-order valence-electron chi connectivity index (χ2n) is 5.01. The molecule has 2 aromatic rings. The van der Waals surface area contributed by atoms with Crippen LogP contribution in [0.1, 0.15) is 19.4 Å². The zero-order valence-corrected chi connectivity index (χ0v) is 12.5. The molecule has 0 amide bonds. The molecular formula is C16H16ClF2NO. The summed E-state index contributed by atoms with van der Waals surface area (Å²) in [4.78, 5) is 0. The quantitative estimate of drug-likeness (QED) is 0.847. The van der Waals surface area contributed by atoms with Crippen LogP contribution < -0.4 is 10.1 Å². The third-order valence-electron chi connectivity index (χ3n) is 2.77. The van der Waals surface area contributed by atoms with Crippen molar-refractivity contribution in [2.45, 2.75) is 26.4 Å². The molecular weight excluding hydrogens is 296 g/mol. The van der Waals surface area contributed by atoms with Crippen LogP contribution in [0.2, 0.25) is 5.02 Å². The van der Waals surface area contributed by atoms with E-state index in [1.165, 1.54) is 0 Å². The van der Waals surface area contributed by atoms with Crippen LogP contribution in [0.3, 0.4) is 0 Å². The van der Waals surface area contributed by atoms with Gasteiger partial charge >= 0.3 is 0 Å². The molecule has 0 aliphatic carbocycles.